The van der Waals surface area contributed by atoms with Crippen LogP contribution in [0.5, 0.6) is 0 Å². The lowest BCUT2D eigenvalue weighted by molar-refractivity contribution is -0.164. The van der Waals surface area contributed by atoms with Gasteiger partial charge in [0.25, 0.3) is 0 Å². The van der Waals surface area contributed by atoms with Crippen LogP contribution in [0.15, 0.2) is 0 Å². The molecule has 0 saturated carbocycles. The fraction of sp³-hybridized carbons (Fsp3) is 0.750. The van der Waals surface area contributed by atoms with Crippen LogP contribution in [-0.2, 0) is 19.1 Å². The summed E-state index contributed by atoms with van der Waals surface area (Å²) in [5, 5.41) is 2.46. The fourth-order valence-electron chi connectivity index (χ4n) is 1.22. The van der Waals surface area contributed by atoms with Gasteiger partial charge in [0, 0.05) is 0 Å². The summed E-state index contributed by atoms with van der Waals surface area (Å²) in [5.74, 6) is -2.38. The maximum Gasteiger partial charge on any atom is 0.336 e. The molecule has 3 N–H and O–H groups in total. The summed E-state index contributed by atoms with van der Waals surface area (Å²) in [7, 11) is 0. The highest BCUT2D eigenvalue weighted by Gasteiger charge is 2.29. The molecule has 0 fully saturated rings. The highest BCUT2D eigenvalue weighted by Crippen LogP contribution is 2.07. The molecule has 0 aromatic heterocycles. The zero-order valence-electron chi connectivity index (χ0n) is 11.7. The fourth-order valence-corrected chi connectivity index (χ4v) is 1.31. The Morgan fingerprint density at radius 3 is 2.00 bits per heavy atom. The van der Waals surface area contributed by atoms with Gasteiger partial charge in [0.15, 0.2) is 0 Å². The lowest BCUT2D eigenvalue weighted by Crippen LogP contribution is -2.48. The standard InChI is InChI=1S/C12H22N2O4S/c1-6(2)9(13)11(16)18-12(17)10(7(3)4)14-8(15)5-19/h6-7,9-10,19H,5,13H2,1-4H3,(H,14,15)/t9-,10-/m0/s1. The highest BCUT2D eigenvalue weighted by atomic mass is 32.1. The van der Waals surface area contributed by atoms with Crippen LogP contribution in [0.2, 0.25) is 0 Å². The number of thiol groups is 1. The van der Waals surface area contributed by atoms with Crippen molar-refractivity contribution in [3.8, 4) is 0 Å². The average molecular weight is 290 g/mol. The average Bonchev–Trinajstić information content (AvgIpc) is 2.33. The third kappa shape index (κ3) is 6.07. The molecule has 0 radical (unpaired) electrons. The van der Waals surface area contributed by atoms with Gasteiger partial charge in [-0.05, 0) is 11.8 Å². The predicted octanol–water partition coefficient (Wildman–Crippen LogP) is 0.110. The van der Waals surface area contributed by atoms with Gasteiger partial charge in [-0.15, -0.1) is 0 Å². The molecular formula is C12H22N2O4S. The molecule has 7 heteroatoms. The molecular weight excluding hydrogens is 268 g/mol. The van der Waals surface area contributed by atoms with Crippen molar-refractivity contribution in [1.82, 2.24) is 5.32 Å². The van der Waals surface area contributed by atoms with E-state index in [0.717, 1.165) is 0 Å². The zero-order valence-corrected chi connectivity index (χ0v) is 12.6. The lowest BCUT2D eigenvalue weighted by Gasteiger charge is -2.21. The molecule has 1 amide bonds. The second-order valence-electron chi connectivity index (χ2n) is 4.96. The van der Waals surface area contributed by atoms with Crippen LogP contribution >= 0.6 is 12.6 Å². The van der Waals surface area contributed by atoms with E-state index in [1.165, 1.54) is 0 Å². The summed E-state index contributed by atoms with van der Waals surface area (Å²) in [6.45, 7) is 6.97. The van der Waals surface area contributed by atoms with E-state index in [0.29, 0.717) is 0 Å². The van der Waals surface area contributed by atoms with E-state index in [1.807, 2.05) is 0 Å². The molecule has 0 spiro atoms. The molecule has 19 heavy (non-hydrogen) atoms. The number of nitrogens with two attached hydrogens (primary N) is 1. The van der Waals surface area contributed by atoms with Gasteiger partial charge in [-0.2, -0.15) is 12.6 Å². The van der Waals surface area contributed by atoms with Gasteiger partial charge in [0.1, 0.15) is 12.1 Å². The van der Waals surface area contributed by atoms with Crippen molar-refractivity contribution in [2.24, 2.45) is 17.6 Å². The van der Waals surface area contributed by atoms with Gasteiger partial charge in [-0.3, -0.25) is 4.79 Å². The molecule has 0 aromatic carbocycles. The Labute approximate surface area is 118 Å². The number of carbonyl (C=O) groups excluding carboxylic acids is 3. The van der Waals surface area contributed by atoms with Crippen LogP contribution in [0.25, 0.3) is 0 Å². The molecule has 0 aliphatic carbocycles. The number of esters is 2. The first-order valence-corrected chi connectivity index (χ1v) is 6.75. The molecule has 6 nitrogen and oxygen atoms in total. The largest absolute Gasteiger partial charge is 0.390 e. The Kier molecular flexibility index (Phi) is 7.70. The van der Waals surface area contributed by atoms with Crippen molar-refractivity contribution in [2.75, 3.05) is 5.75 Å². The highest BCUT2D eigenvalue weighted by molar-refractivity contribution is 7.81. The number of rotatable bonds is 6. The van der Waals surface area contributed by atoms with E-state index >= 15 is 0 Å². The number of amides is 1. The maximum atomic E-state index is 11.8. The number of hydrogen-bond acceptors (Lipinski definition) is 6. The summed E-state index contributed by atoms with van der Waals surface area (Å²) < 4.78 is 4.70. The molecule has 0 aliphatic heterocycles. The summed E-state index contributed by atoms with van der Waals surface area (Å²) in [5.41, 5.74) is 5.59. The maximum absolute atomic E-state index is 11.8. The first-order chi connectivity index (χ1) is 8.70. The second kappa shape index (κ2) is 8.16. The van der Waals surface area contributed by atoms with Gasteiger partial charge >= 0.3 is 11.9 Å². The molecule has 0 aromatic rings. The van der Waals surface area contributed by atoms with Crippen molar-refractivity contribution < 1.29 is 19.1 Å². The minimum atomic E-state index is -0.886. The Morgan fingerprint density at radius 2 is 1.63 bits per heavy atom. The number of carbonyl (C=O) groups is 3. The zero-order chi connectivity index (χ0) is 15.2. The predicted molar refractivity (Wildman–Crippen MR) is 74.5 cm³/mol. The Balaban J connectivity index is 4.66. The van der Waals surface area contributed by atoms with Crippen LogP contribution in [0.4, 0.5) is 0 Å². The van der Waals surface area contributed by atoms with Gasteiger partial charge < -0.3 is 15.8 Å². The Hall–Kier alpha value is -1.08. The quantitative estimate of drug-likeness (QED) is 0.366. The smallest absolute Gasteiger partial charge is 0.336 e. The third-order valence-corrected chi connectivity index (χ3v) is 2.86. The molecule has 0 aliphatic rings. The van der Waals surface area contributed by atoms with Crippen LogP contribution in [0.3, 0.4) is 0 Å². The third-order valence-electron chi connectivity index (χ3n) is 2.57. The van der Waals surface area contributed by atoms with Crippen molar-refractivity contribution >= 4 is 30.5 Å². The summed E-state index contributed by atoms with van der Waals surface area (Å²) in [6.07, 6.45) is 0. The van der Waals surface area contributed by atoms with E-state index in [1.54, 1.807) is 27.7 Å². The van der Waals surface area contributed by atoms with Crippen LogP contribution in [0.1, 0.15) is 27.7 Å². The van der Waals surface area contributed by atoms with E-state index in [-0.39, 0.29) is 17.6 Å². The lowest BCUT2D eigenvalue weighted by atomic mass is 10.0. The van der Waals surface area contributed by atoms with Crippen molar-refractivity contribution in [2.45, 2.75) is 39.8 Å². The van der Waals surface area contributed by atoms with E-state index < -0.39 is 29.9 Å². The number of nitrogens with one attached hydrogen (secondary N) is 1. The molecule has 110 valence electrons. The minimum Gasteiger partial charge on any atom is -0.390 e. The second-order valence-corrected chi connectivity index (χ2v) is 5.27. The van der Waals surface area contributed by atoms with E-state index in [4.69, 9.17) is 10.5 Å². The van der Waals surface area contributed by atoms with Crippen molar-refractivity contribution in [1.29, 1.82) is 0 Å². The van der Waals surface area contributed by atoms with Gasteiger partial charge in [0.05, 0.1) is 5.75 Å². The molecule has 2 atom stereocenters. The van der Waals surface area contributed by atoms with Crippen LogP contribution in [-0.4, -0.2) is 35.7 Å². The van der Waals surface area contributed by atoms with Crippen molar-refractivity contribution in [3.63, 3.8) is 0 Å². The molecule has 0 rings (SSSR count). The van der Waals surface area contributed by atoms with E-state index in [9.17, 15) is 14.4 Å². The molecule has 0 heterocycles. The van der Waals surface area contributed by atoms with Gasteiger partial charge in [-0.25, -0.2) is 9.59 Å². The first kappa shape index (κ1) is 17.9. The first-order valence-electron chi connectivity index (χ1n) is 6.12. The molecule has 0 unspecified atom stereocenters. The summed E-state index contributed by atoms with van der Waals surface area (Å²) in [4.78, 5) is 34.7. The Bertz CT molecular complexity index is 345. The van der Waals surface area contributed by atoms with Crippen LogP contribution < -0.4 is 11.1 Å². The Morgan fingerprint density at radius 1 is 1.11 bits per heavy atom. The van der Waals surface area contributed by atoms with Crippen LogP contribution in [0, 0.1) is 11.8 Å². The van der Waals surface area contributed by atoms with Crippen molar-refractivity contribution in [3.05, 3.63) is 0 Å². The summed E-state index contributed by atoms with van der Waals surface area (Å²) in [6, 6.07) is -1.75. The van der Waals surface area contributed by atoms with E-state index in [2.05, 4.69) is 17.9 Å². The minimum absolute atomic E-state index is 0.0457. The molecule has 0 saturated heterocycles. The van der Waals surface area contributed by atoms with Gasteiger partial charge in [0.2, 0.25) is 5.91 Å². The molecule has 0 bridgehead atoms. The topological polar surface area (TPSA) is 98.5 Å². The number of ether oxygens (including phenoxy) is 1. The summed E-state index contributed by atoms with van der Waals surface area (Å²) >= 11 is 3.81. The van der Waals surface area contributed by atoms with Gasteiger partial charge in [-0.1, -0.05) is 27.7 Å². The normalized spacial score (nSPS) is 14.1. The monoisotopic (exact) mass is 290 g/mol. The SMILES string of the molecule is CC(C)[C@H](N)C(=O)OC(=O)[C@@H](NC(=O)CS)C(C)C. The number of hydrogen-bond donors (Lipinski definition) is 3.